The number of rotatable bonds is 17. The molecule has 0 radical (unpaired) electrons. The smallest absolute Gasteiger partial charge is 0.252 e. The third kappa shape index (κ3) is 11.5. The Morgan fingerprint density at radius 1 is 0.587 bits per heavy atom. The van der Waals surface area contributed by atoms with Crippen LogP contribution in [0.2, 0.25) is 0 Å². The Labute approximate surface area is 281 Å². The van der Waals surface area contributed by atoms with E-state index in [9.17, 15) is 9.59 Å². The summed E-state index contributed by atoms with van der Waals surface area (Å²) in [7, 11) is 2.92. The maximum absolute atomic E-state index is 13.3. The molecule has 46 heavy (non-hydrogen) atoms. The van der Waals surface area contributed by atoms with E-state index in [-0.39, 0.29) is 11.8 Å². The molecule has 0 heterocycles. The largest absolute Gasteiger partial charge is 0.494 e. The van der Waals surface area contributed by atoms with Crippen LogP contribution >= 0.6 is 21.6 Å². The average Bonchev–Trinajstić information content (AvgIpc) is 3.05. The van der Waals surface area contributed by atoms with Gasteiger partial charge in [0, 0.05) is 22.9 Å². The number of ether oxygens (including phenoxy) is 2. The maximum Gasteiger partial charge on any atom is 0.252 e. The second-order valence-corrected chi connectivity index (χ2v) is 14.1. The van der Waals surface area contributed by atoms with Crippen LogP contribution in [0.15, 0.2) is 107 Å². The Morgan fingerprint density at radius 2 is 1.00 bits per heavy atom. The monoisotopic (exact) mass is 656 g/mol. The zero-order valence-corrected chi connectivity index (χ0v) is 28.7. The molecular weight excluding hydrogens is 613 g/mol. The molecule has 4 rings (SSSR count). The van der Waals surface area contributed by atoms with Crippen LogP contribution in [-0.2, 0) is 13.1 Å². The zero-order chi connectivity index (χ0) is 32.7. The first-order valence-electron chi connectivity index (χ1n) is 15.8. The summed E-state index contributed by atoms with van der Waals surface area (Å²) in [6, 6.07) is 30.7. The van der Waals surface area contributed by atoms with E-state index in [1.165, 1.54) is 21.6 Å². The number of carbonyl (C=O) groups is 2. The maximum atomic E-state index is 13.3. The van der Waals surface area contributed by atoms with E-state index in [2.05, 4.69) is 38.3 Å². The molecule has 0 saturated heterocycles. The van der Waals surface area contributed by atoms with Crippen molar-refractivity contribution in [1.82, 2.24) is 10.6 Å². The Balaban J connectivity index is 1.33. The van der Waals surface area contributed by atoms with E-state index in [0.29, 0.717) is 49.3 Å². The van der Waals surface area contributed by atoms with Crippen LogP contribution in [0.25, 0.3) is 0 Å². The summed E-state index contributed by atoms with van der Waals surface area (Å²) in [5, 5.41) is 6.09. The number of benzene rings is 4. The summed E-state index contributed by atoms with van der Waals surface area (Å²) < 4.78 is 11.8. The van der Waals surface area contributed by atoms with Crippen molar-refractivity contribution in [2.75, 3.05) is 13.2 Å². The minimum Gasteiger partial charge on any atom is -0.494 e. The third-order valence-electron chi connectivity index (χ3n) is 7.12. The van der Waals surface area contributed by atoms with Gasteiger partial charge in [-0.25, -0.2) is 0 Å². The molecule has 0 aliphatic heterocycles. The first-order chi connectivity index (χ1) is 22.3. The molecule has 0 atom stereocenters. The lowest BCUT2D eigenvalue weighted by Crippen LogP contribution is -2.23. The highest BCUT2D eigenvalue weighted by molar-refractivity contribution is 8.76. The molecule has 242 valence electrons. The van der Waals surface area contributed by atoms with Crippen LogP contribution in [0.1, 0.15) is 72.4 Å². The Kier molecular flexibility index (Phi) is 13.9. The van der Waals surface area contributed by atoms with Crippen molar-refractivity contribution in [2.45, 2.75) is 63.4 Å². The quantitative estimate of drug-likeness (QED) is 0.110. The third-order valence-corrected chi connectivity index (χ3v) is 9.60. The predicted octanol–water partition coefficient (Wildman–Crippen LogP) is 9.20. The van der Waals surface area contributed by atoms with Crippen LogP contribution in [0, 0.1) is 11.8 Å². The molecule has 0 aromatic heterocycles. The number of hydrogen-bond donors (Lipinski definition) is 2. The van der Waals surface area contributed by atoms with Crippen LogP contribution in [0.5, 0.6) is 11.5 Å². The van der Waals surface area contributed by atoms with Crippen molar-refractivity contribution in [3.8, 4) is 11.5 Å². The lowest BCUT2D eigenvalue weighted by molar-refractivity contribution is 0.0940. The van der Waals surface area contributed by atoms with Crippen molar-refractivity contribution in [3.05, 3.63) is 119 Å². The highest BCUT2D eigenvalue weighted by Crippen LogP contribution is 2.40. The fraction of sp³-hybridized carbons (Fsp3) is 0.316. The molecule has 0 aliphatic rings. The van der Waals surface area contributed by atoms with Crippen molar-refractivity contribution in [2.24, 2.45) is 11.8 Å². The van der Waals surface area contributed by atoms with Gasteiger partial charge >= 0.3 is 0 Å². The lowest BCUT2D eigenvalue weighted by Gasteiger charge is -2.13. The summed E-state index contributed by atoms with van der Waals surface area (Å²) in [4.78, 5) is 28.1. The van der Waals surface area contributed by atoms with E-state index in [4.69, 9.17) is 9.47 Å². The van der Waals surface area contributed by atoms with E-state index in [1.807, 2.05) is 97.1 Å². The molecule has 0 saturated carbocycles. The van der Waals surface area contributed by atoms with Gasteiger partial charge in [0.1, 0.15) is 11.5 Å². The van der Waals surface area contributed by atoms with E-state index < -0.39 is 0 Å². The van der Waals surface area contributed by atoms with Gasteiger partial charge in [-0.1, -0.05) is 97.8 Å². The Bertz CT molecular complexity index is 1460. The lowest BCUT2D eigenvalue weighted by atomic mass is 10.1. The van der Waals surface area contributed by atoms with Gasteiger partial charge < -0.3 is 20.1 Å². The van der Waals surface area contributed by atoms with Crippen molar-refractivity contribution in [1.29, 1.82) is 0 Å². The average molecular weight is 657 g/mol. The summed E-state index contributed by atoms with van der Waals surface area (Å²) in [5.74, 6) is 2.46. The van der Waals surface area contributed by atoms with Crippen LogP contribution in [-0.4, -0.2) is 25.0 Å². The van der Waals surface area contributed by atoms with Gasteiger partial charge in [0.15, 0.2) is 0 Å². The molecule has 0 bridgehead atoms. The van der Waals surface area contributed by atoms with Gasteiger partial charge in [-0.15, -0.1) is 0 Å². The molecule has 0 spiro atoms. The Hall–Kier alpha value is -3.88. The summed E-state index contributed by atoms with van der Waals surface area (Å²) in [5.41, 5.74) is 3.11. The number of amides is 2. The van der Waals surface area contributed by atoms with E-state index >= 15 is 0 Å². The highest BCUT2D eigenvalue weighted by Gasteiger charge is 2.16. The molecule has 2 N–H and O–H groups in total. The topological polar surface area (TPSA) is 76.7 Å². The molecule has 0 aliphatic carbocycles. The molecule has 6 nitrogen and oxygen atoms in total. The van der Waals surface area contributed by atoms with Crippen LogP contribution in [0.3, 0.4) is 0 Å². The summed E-state index contributed by atoms with van der Waals surface area (Å²) >= 11 is 0. The first kappa shape index (κ1) is 35.0. The van der Waals surface area contributed by atoms with Crippen molar-refractivity contribution in [3.63, 3.8) is 0 Å². The molecule has 0 unspecified atom stereocenters. The standard InChI is InChI=1S/C38H44N2O4S2/c1-27(2)19-21-43-31-13-9-11-29(23-31)25-39-37(41)33-15-5-7-17-35(33)45-46-36-18-8-6-16-34(36)38(42)40-26-30-12-10-14-32(24-30)44-22-20-28(3)4/h5-18,23-24,27-28H,19-22,25-26H2,1-4H3,(H,39,41)(H,40,42). The molecule has 0 fully saturated rings. The second kappa shape index (κ2) is 18.3. The fourth-order valence-electron chi connectivity index (χ4n) is 4.41. The molecule has 2 amide bonds. The van der Waals surface area contributed by atoms with Crippen molar-refractivity contribution >= 4 is 33.4 Å². The van der Waals surface area contributed by atoms with Gasteiger partial charge in [-0.2, -0.15) is 0 Å². The first-order valence-corrected chi connectivity index (χ1v) is 18.0. The van der Waals surface area contributed by atoms with Gasteiger partial charge in [-0.05, 0) is 84.3 Å². The number of hydrogen-bond acceptors (Lipinski definition) is 6. The molecule has 4 aromatic rings. The summed E-state index contributed by atoms with van der Waals surface area (Å²) in [6.45, 7) is 10.8. The highest BCUT2D eigenvalue weighted by atomic mass is 33.1. The van der Waals surface area contributed by atoms with E-state index in [0.717, 1.165) is 45.3 Å². The molecule has 4 aromatic carbocycles. The molecule has 8 heteroatoms. The molecular formula is C38H44N2O4S2. The van der Waals surface area contributed by atoms with Crippen molar-refractivity contribution < 1.29 is 19.1 Å². The second-order valence-electron chi connectivity index (χ2n) is 11.9. The predicted molar refractivity (Wildman–Crippen MR) is 190 cm³/mol. The zero-order valence-electron chi connectivity index (χ0n) is 27.1. The van der Waals surface area contributed by atoms with Gasteiger partial charge in [0.2, 0.25) is 0 Å². The minimum atomic E-state index is -0.156. The normalized spacial score (nSPS) is 11.0. The van der Waals surface area contributed by atoms with Gasteiger partial charge in [0.25, 0.3) is 11.8 Å². The Morgan fingerprint density at radius 3 is 1.41 bits per heavy atom. The van der Waals surface area contributed by atoms with Crippen LogP contribution in [0.4, 0.5) is 0 Å². The SMILES string of the molecule is CC(C)CCOc1cccc(CNC(=O)c2ccccc2SSc2ccccc2C(=O)NCc2cccc(OCCC(C)C)c2)c1. The number of carbonyl (C=O) groups excluding carboxylic acids is 2. The van der Waals surface area contributed by atoms with Gasteiger partial charge in [0.05, 0.1) is 24.3 Å². The van der Waals surface area contributed by atoms with Crippen LogP contribution < -0.4 is 20.1 Å². The van der Waals surface area contributed by atoms with E-state index in [1.54, 1.807) is 0 Å². The summed E-state index contributed by atoms with van der Waals surface area (Å²) in [6.07, 6.45) is 1.98. The minimum absolute atomic E-state index is 0.156. The van der Waals surface area contributed by atoms with Gasteiger partial charge in [-0.3, -0.25) is 9.59 Å². The number of nitrogens with one attached hydrogen (secondary N) is 2. The fourth-order valence-corrected chi connectivity index (χ4v) is 6.77.